The quantitative estimate of drug-likeness (QED) is 0.769. The fourth-order valence-electron chi connectivity index (χ4n) is 2.17. The lowest BCUT2D eigenvalue weighted by molar-refractivity contribution is -0.107. The molecule has 5 heteroatoms. The van der Waals surface area contributed by atoms with Crippen molar-refractivity contribution in [3.63, 3.8) is 0 Å². The summed E-state index contributed by atoms with van der Waals surface area (Å²) in [6, 6.07) is 0. The van der Waals surface area contributed by atoms with E-state index in [1.807, 2.05) is 11.6 Å². The predicted octanol–water partition coefficient (Wildman–Crippen LogP) is 0.162. The van der Waals surface area contributed by atoms with Crippen LogP contribution in [0.15, 0.2) is 6.33 Å². The molecule has 1 aromatic heterocycles. The minimum absolute atomic E-state index is 0.451. The summed E-state index contributed by atoms with van der Waals surface area (Å²) in [7, 11) is 1.94. The lowest BCUT2D eigenvalue weighted by atomic mass is 9.89. The maximum Gasteiger partial charge on any atom is 0.146 e. The van der Waals surface area contributed by atoms with Gasteiger partial charge in [-0.25, -0.2) is 0 Å². The van der Waals surface area contributed by atoms with E-state index in [0.29, 0.717) is 0 Å². The van der Waals surface area contributed by atoms with Crippen LogP contribution in [0.2, 0.25) is 0 Å². The second kappa shape index (κ2) is 3.90. The van der Waals surface area contributed by atoms with Gasteiger partial charge in [0.25, 0.3) is 0 Å². The van der Waals surface area contributed by atoms with Crippen molar-refractivity contribution in [1.82, 2.24) is 19.7 Å². The van der Waals surface area contributed by atoms with Crippen molar-refractivity contribution >= 4 is 0 Å². The Morgan fingerprint density at radius 3 is 2.80 bits per heavy atom. The molecular formula is C10H18N4O. The van der Waals surface area contributed by atoms with Gasteiger partial charge in [-0.2, -0.15) is 0 Å². The topological polar surface area (TPSA) is 54.2 Å². The molecule has 2 heterocycles. The number of hydrogen-bond acceptors (Lipinski definition) is 4. The smallest absolute Gasteiger partial charge is 0.146 e. The van der Waals surface area contributed by atoms with Crippen LogP contribution < -0.4 is 0 Å². The molecule has 84 valence electrons. The largest absolute Gasteiger partial charge is 0.387 e. The predicted molar refractivity (Wildman–Crippen MR) is 56.1 cm³/mol. The molecule has 0 bridgehead atoms. The Bertz CT molecular complexity index is 330. The van der Waals surface area contributed by atoms with Crippen molar-refractivity contribution < 1.29 is 5.11 Å². The van der Waals surface area contributed by atoms with Crippen molar-refractivity contribution in [2.45, 2.75) is 31.9 Å². The minimum atomic E-state index is -0.451. The number of rotatable bonds is 4. The van der Waals surface area contributed by atoms with Crippen LogP contribution in [-0.2, 0) is 13.6 Å². The molecule has 5 nitrogen and oxygen atoms in total. The SMILES string of the molecule is CCCC1(O)CN(Cc2nncn2C)C1. The summed E-state index contributed by atoms with van der Waals surface area (Å²) in [6.07, 6.45) is 3.63. The number of likely N-dealkylation sites (tertiary alicyclic amines) is 1. The van der Waals surface area contributed by atoms with Gasteiger partial charge in [-0.3, -0.25) is 4.90 Å². The molecule has 1 aromatic rings. The average molecular weight is 210 g/mol. The first kappa shape index (κ1) is 10.6. The van der Waals surface area contributed by atoms with Gasteiger partial charge in [-0.05, 0) is 6.42 Å². The maximum atomic E-state index is 9.99. The van der Waals surface area contributed by atoms with Gasteiger partial charge in [0, 0.05) is 20.1 Å². The van der Waals surface area contributed by atoms with Crippen molar-refractivity contribution in [3.05, 3.63) is 12.2 Å². The zero-order valence-corrected chi connectivity index (χ0v) is 9.35. The fourth-order valence-corrected chi connectivity index (χ4v) is 2.17. The van der Waals surface area contributed by atoms with E-state index in [-0.39, 0.29) is 0 Å². The molecule has 1 aliphatic heterocycles. The molecule has 1 N–H and O–H groups in total. The van der Waals surface area contributed by atoms with Crippen LogP contribution in [-0.4, -0.2) is 43.5 Å². The van der Waals surface area contributed by atoms with Crippen LogP contribution in [0, 0.1) is 0 Å². The molecule has 0 aliphatic carbocycles. The molecule has 1 saturated heterocycles. The molecule has 0 spiro atoms. The highest BCUT2D eigenvalue weighted by atomic mass is 16.3. The van der Waals surface area contributed by atoms with Gasteiger partial charge in [0.2, 0.25) is 0 Å². The standard InChI is InChI=1S/C10H18N4O/c1-3-4-10(15)6-14(7-10)5-9-12-11-8-13(9)2/h8,15H,3-7H2,1-2H3. The Balaban J connectivity index is 1.83. The van der Waals surface area contributed by atoms with Gasteiger partial charge in [0.15, 0.2) is 0 Å². The van der Waals surface area contributed by atoms with Crippen LogP contribution in [0.5, 0.6) is 0 Å². The van der Waals surface area contributed by atoms with Crippen LogP contribution in [0.25, 0.3) is 0 Å². The third-order valence-electron chi connectivity index (χ3n) is 2.92. The van der Waals surface area contributed by atoms with Crippen molar-refractivity contribution in [3.8, 4) is 0 Å². The summed E-state index contributed by atoms with van der Waals surface area (Å²) in [6.45, 7) is 4.40. The number of aromatic nitrogens is 3. The molecule has 15 heavy (non-hydrogen) atoms. The van der Waals surface area contributed by atoms with E-state index in [0.717, 1.165) is 38.3 Å². The second-order valence-electron chi connectivity index (χ2n) is 4.48. The lowest BCUT2D eigenvalue weighted by Crippen LogP contribution is -2.61. The Labute approximate surface area is 89.7 Å². The molecule has 0 aromatic carbocycles. The molecule has 0 unspecified atom stereocenters. The highest BCUT2D eigenvalue weighted by Gasteiger charge is 2.40. The maximum absolute atomic E-state index is 9.99. The summed E-state index contributed by atoms with van der Waals surface area (Å²) in [5.41, 5.74) is -0.451. The normalized spacial score (nSPS) is 20.2. The van der Waals surface area contributed by atoms with E-state index < -0.39 is 5.60 Å². The first-order chi connectivity index (χ1) is 7.13. The van der Waals surface area contributed by atoms with Crippen molar-refractivity contribution in [2.75, 3.05) is 13.1 Å². The van der Waals surface area contributed by atoms with Gasteiger partial charge in [0.1, 0.15) is 12.2 Å². The van der Waals surface area contributed by atoms with Crippen LogP contribution in [0.3, 0.4) is 0 Å². The molecule has 1 aliphatic rings. The number of nitrogens with zero attached hydrogens (tertiary/aromatic N) is 4. The van der Waals surface area contributed by atoms with Crippen LogP contribution in [0.1, 0.15) is 25.6 Å². The van der Waals surface area contributed by atoms with Crippen LogP contribution in [0.4, 0.5) is 0 Å². The number of β-amino-alcohol motifs (C(OH)–C–C–N with tert-alkyl or cyclic N) is 1. The van der Waals surface area contributed by atoms with Gasteiger partial charge in [0.05, 0.1) is 12.1 Å². The Kier molecular flexibility index (Phi) is 2.75. The van der Waals surface area contributed by atoms with E-state index in [4.69, 9.17) is 0 Å². The third-order valence-corrected chi connectivity index (χ3v) is 2.92. The van der Waals surface area contributed by atoms with E-state index in [9.17, 15) is 5.11 Å². The second-order valence-corrected chi connectivity index (χ2v) is 4.48. The van der Waals surface area contributed by atoms with E-state index in [2.05, 4.69) is 22.0 Å². The summed E-state index contributed by atoms with van der Waals surface area (Å²) in [5, 5.41) is 17.8. The first-order valence-electron chi connectivity index (χ1n) is 5.40. The minimum Gasteiger partial charge on any atom is -0.387 e. The summed E-state index contributed by atoms with van der Waals surface area (Å²) in [5.74, 6) is 0.952. The highest BCUT2D eigenvalue weighted by Crippen LogP contribution is 2.26. The third kappa shape index (κ3) is 2.18. The lowest BCUT2D eigenvalue weighted by Gasteiger charge is -2.46. The van der Waals surface area contributed by atoms with Crippen molar-refractivity contribution in [2.24, 2.45) is 7.05 Å². The molecule has 0 atom stereocenters. The number of aliphatic hydroxyl groups is 1. The number of aryl methyl sites for hydroxylation is 1. The van der Waals surface area contributed by atoms with Gasteiger partial charge in [-0.1, -0.05) is 13.3 Å². The summed E-state index contributed by atoms with van der Waals surface area (Å²) in [4.78, 5) is 2.19. The van der Waals surface area contributed by atoms with Crippen LogP contribution >= 0.6 is 0 Å². The average Bonchev–Trinajstić information content (AvgIpc) is 2.50. The summed E-state index contributed by atoms with van der Waals surface area (Å²) < 4.78 is 1.91. The fraction of sp³-hybridized carbons (Fsp3) is 0.800. The van der Waals surface area contributed by atoms with Gasteiger partial charge in [-0.15, -0.1) is 10.2 Å². The molecular weight excluding hydrogens is 192 g/mol. The highest BCUT2D eigenvalue weighted by molar-refractivity contribution is 4.97. The first-order valence-corrected chi connectivity index (χ1v) is 5.40. The molecule has 1 fully saturated rings. The van der Waals surface area contributed by atoms with Gasteiger partial charge < -0.3 is 9.67 Å². The monoisotopic (exact) mass is 210 g/mol. The molecule has 0 amide bonds. The molecule has 0 radical (unpaired) electrons. The summed E-state index contributed by atoms with van der Waals surface area (Å²) >= 11 is 0. The van der Waals surface area contributed by atoms with E-state index >= 15 is 0 Å². The van der Waals surface area contributed by atoms with Gasteiger partial charge >= 0.3 is 0 Å². The molecule has 0 saturated carbocycles. The van der Waals surface area contributed by atoms with E-state index in [1.165, 1.54) is 0 Å². The zero-order valence-electron chi connectivity index (χ0n) is 9.35. The van der Waals surface area contributed by atoms with E-state index in [1.54, 1.807) is 6.33 Å². The Morgan fingerprint density at radius 2 is 2.27 bits per heavy atom. The Hall–Kier alpha value is -0.940. The zero-order chi connectivity index (χ0) is 10.9. The number of hydrogen-bond donors (Lipinski definition) is 1. The molecule has 2 rings (SSSR count). The van der Waals surface area contributed by atoms with Crippen molar-refractivity contribution in [1.29, 1.82) is 0 Å². The Morgan fingerprint density at radius 1 is 1.53 bits per heavy atom.